The number of carbonyl (C=O) groups excluding carboxylic acids is 1. The molecule has 0 spiro atoms. The lowest BCUT2D eigenvalue weighted by Gasteiger charge is -2.43. The number of carbonyl (C=O) groups is 1. The van der Waals surface area contributed by atoms with E-state index in [0.29, 0.717) is 32.9 Å². The molecule has 2 saturated heterocycles. The molecule has 2 aliphatic rings. The van der Waals surface area contributed by atoms with Crippen LogP contribution in [0, 0.1) is 5.92 Å². The quantitative estimate of drug-likeness (QED) is 0.884. The van der Waals surface area contributed by atoms with E-state index in [2.05, 4.69) is 0 Å². The second-order valence-corrected chi connectivity index (χ2v) is 7.53. The molecule has 4 rings (SSSR count). The highest BCUT2D eigenvalue weighted by atomic mass is 16.6. The lowest BCUT2D eigenvalue weighted by molar-refractivity contribution is -0.160. The highest BCUT2D eigenvalue weighted by Crippen LogP contribution is 2.41. The van der Waals surface area contributed by atoms with E-state index in [9.17, 15) is 9.90 Å². The van der Waals surface area contributed by atoms with Crippen molar-refractivity contribution in [2.24, 2.45) is 5.92 Å². The van der Waals surface area contributed by atoms with E-state index < -0.39 is 11.7 Å². The molecule has 0 saturated carbocycles. The maximum atomic E-state index is 12.7. The summed E-state index contributed by atoms with van der Waals surface area (Å²) in [6.07, 6.45) is 0.978. The van der Waals surface area contributed by atoms with Crippen molar-refractivity contribution in [1.29, 1.82) is 0 Å². The highest BCUT2D eigenvalue weighted by molar-refractivity contribution is 5.81. The molecule has 0 aliphatic carbocycles. The molecule has 5 nitrogen and oxygen atoms in total. The number of benzene rings is 2. The van der Waals surface area contributed by atoms with Crippen LogP contribution in [-0.2, 0) is 19.9 Å². The summed E-state index contributed by atoms with van der Waals surface area (Å²) >= 11 is 0. The van der Waals surface area contributed by atoms with Gasteiger partial charge < -0.3 is 19.5 Å². The van der Waals surface area contributed by atoms with Gasteiger partial charge in [0.2, 0.25) is 0 Å². The van der Waals surface area contributed by atoms with Crippen molar-refractivity contribution in [1.82, 2.24) is 4.90 Å². The molecule has 5 heteroatoms. The average molecular weight is 381 g/mol. The molecular weight excluding hydrogens is 354 g/mol. The van der Waals surface area contributed by atoms with E-state index in [-0.39, 0.29) is 11.8 Å². The molecule has 2 aliphatic heterocycles. The van der Waals surface area contributed by atoms with Crippen LogP contribution in [0.3, 0.4) is 0 Å². The van der Waals surface area contributed by atoms with Crippen LogP contribution in [0.2, 0.25) is 0 Å². The van der Waals surface area contributed by atoms with Gasteiger partial charge in [-0.25, -0.2) is 0 Å². The van der Waals surface area contributed by atoms with E-state index in [1.54, 1.807) is 0 Å². The molecule has 0 unspecified atom stereocenters. The number of likely N-dealkylation sites (tertiary alicyclic amines) is 1. The first kappa shape index (κ1) is 19.1. The second kappa shape index (κ2) is 8.43. The van der Waals surface area contributed by atoms with Crippen molar-refractivity contribution >= 4 is 5.91 Å². The number of amides is 1. The topological polar surface area (TPSA) is 59.0 Å². The molecule has 1 N–H and O–H groups in total. The van der Waals surface area contributed by atoms with Crippen molar-refractivity contribution in [2.75, 3.05) is 32.9 Å². The fraction of sp³-hybridized carbons (Fsp3) is 0.435. The van der Waals surface area contributed by atoms with Crippen molar-refractivity contribution in [3.8, 4) is 0 Å². The Labute approximate surface area is 165 Å². The molecule has 2 aromatic rings. The molecule has 2 heterocycles. The van der Waals surface area contributed by atoms with Crippen LogP contribution in [-0.4, -0.2) is 54.9 Å². The summed E-state index contributed by atoms with van der Waals surface area (Å²) in [6.45, 7) is 2.58. The minimum absolute atomic E-state index is 0.00103. The normalized spacial score (nSPS) is 21.5. The van der Waals surface area contributed by atoms with E-state index in [0.717, 1.165) is 24.0 Å². The Morgan fingerprint density at radius 2 is 1.50 bits per heavy atom. The van der Waals surface area contributed by atoms with Gasteiger partial charge in [-0.1, -0.05) is 60.7 Å². The smallest absolute Gasteiger partial charge is 0.254 e. The molecule has 28 heavy (non-hydrogen) atoms. The number of hydrogen-bond acceptors (Lipinski definition) is 4. The third-order valence-electron chi connectivity index (χ3n) is 5.92. The number of rotatable bonds is 4. The molecule has 1 amide bonds. The van der Waals surface area contributed by atoms with Crippen LogP contribution >= 0.6 is 0 Å². The summed E-state index contributed by atoms with van der Waals surface area (Å²) in [5.41, 5.74) is 0.729. The summed E-state index contributed by atoms with van der Waals surface area (Å²) < 4.78 is 10.9. The Bertz CT molecular complexity index is 726. The fourth-order valence-electron chi connectivity index (χ4n) is 4.37. The van der Waals surface area contributed by atoms with Gasteiger partial charge in [0.15, 0.2) is 6.10 Å². The van der Waals surface area contributed by atoms with Crippen molar-refractivity contribution in [3.63, 3.8) is 0 Å². The Morgan fingerprint density at radius 1 is 0.929 bits per heavy atom. The van der Waals surface area contributed by atoms with Gasteiger partial charge in [-0.2, -0.15) is 0 Å². The summed E-state index contributed by atoms with van der Waals surface area (Å²) in [7, 11) is 0. The van der Waals surface area contributed by atoms with Crippen LogP contribution < -0.4 is 0 Å². The van der Waals surface area contributed by atoms with E-state index >= 15 is 0 Å². The molecule has 0 radical (unpaired) electrons. The number of aliphatic hydroxyl groups is 1. The average Bonchev–Trinajstić information content (AvgIpc) is 2.80. The number of piperidine rings is 1. The predicted molar refractivity (Wildman–Crippen MR) is 106 cm³/mol. The maximum absolute atomic E-state index is 12.7. The van der Waals surface area contributed by atoms with E-state index in [1.165, 1.54) is 0 Å². The molecule has 148 valence electrons. The number of ether oxygens (including phenoxy) is 2. The van der Waals surface area contributed by atoms with E-state index in [1.807, 2.05) is 65.6 Å². The van der Waals surface area contributed by atoms with Crippen LogP contribution in [0.1, 0.15) is 24.0 Å². The first-order valence-electron chi connectivity index (χ1n) is 10.0. The van der Waals surface area contributed by atoms with Crippen LogP contribution in [0.5, 0.6) is 0 Å². The molecular formula is C23H27NO4. The standard InChI is InChI=1S/C23H27NO4/c25-22(21-17-27-15-16-28-21)24-13-11-20(12-14-24)23(26,18-7-3-1-4-8-18)19-9-5-2-6-10-19/h1-10,20-21,26H,11-17H2/t21-/m0/s1. The van der Waals surface area contributed by atoms with Crippen molar-refractivity contribution < 1.29 is 19.4 Å². The highest BCUT2D eigenvalue weighted by Gasteiger charge is 2.42. The summed E-state index contributed by atoms with van der Waals surface area (Å²) in [4.78, 5) is 14.6. The Balaban J connectivity index is 1.52. The van der Waals surface area contributed by atoms with Gasteiger partial charge in [0.25, 0.3) is 5.91 Å². The van der Waals surface area contributed by atoms with Crippen LogP contribution in [0.15, 0.2) is 60.7 Å². The van der Waals surface area contributed by atoms with Gasteiger partial charge in [0.1, 0.15) is 5.60 Å². The lowest BCUT2D eigenvalue weighted by Crippen LogP contribution is -2.50. The zero-order chi connectivity index (χ0) is 19.4. The third kappa shape index (κ3) is 3.70. The first-order chi connectivity index (χ1) is 13.7. The summed E-state index contributed by atoms with van der Waals surface area (Å²) in [6, 6.07) is 19.7. The van der Waals surface area contributed by atoms with Gasteiger partial charge in [-0.3, -0.25) is 4.79 Å². The zero-order valence-electron chi connectivity index (χ0n) is 16.0. The largest absolute Gasteiger partial charge is 0.380 e. The Hall–Kier alpha value is -2.21. The number of hydrogen-bond donors (Lipinski definition) is 1. The molecule has 2 aromatic carbocycles. The van der Waals surface area contributed by atoms with Crippen molar-refractivity contribution in [3.05, 3.63) is 71.8 Å². The monoisotopic (exact) mass is 381 g/mol. The molecule has 0 aromatic heterocycles. The Kier molecular flexibility index (Phi) is 5.76. The number of nitrogens with zero attached hydrogens (tertiary/aromatic N) is 1. The van der Waals surface area contributed by atoms with Crippen molar-refractivity contribution in [2.45, 2.75) is 24.5 Å². The SMILES string of the molecule is O=C([C@@H]1COCCO1)N1CCC(C(O)(c2ccccc2)c2ccccc2)CC1. The molecule has 1 atom stereocenters. The van der Waals surface area contributed by atoms with Crippen LogP contribution in [0.4, 0.5) is 0 Å². The third-order valence-corrected chi connectivity index (χ3v) is 5.92. The van der Waals surface area contributed by atoms with Gasteiger partial charge in [-0.15, -0.1) is 0 Å². The summed E-state index contributed by atoms with van der Waals surface area (Å²) in [5.74, 6) is 0.0333. The van der Waals surface area contributed by atoms with Gasteiger partial charge in [0.05, 0.1) is 19.8 Å². The van der Waals surface area contributed by atoms with E-state index in [4.69, 9.17) is 9.47 Å². The summed E-state index contributed by atoms with van der Waals surface area (Å²) in [5, 5.41) is 11.9. The van der Waals surface area contributed by atoms with Crippen LogP contribution in [0.25, 0.3) is 0 Å². The molecule has 2 fully saturated rings. The maximum Gasteiger partial charge on any atom is 0.254 e. The predicted octanol–water partition coefficient (Wildman–Crippen LogP) is 2.58. The Morgan fingerprint density at radius 3 is 2.00 bits per heavy atom. The van der Waals surface area contributed by atoms with Gasteiger partial charge in [-0.05, 0) is 29.9 Å². The fourth-order valence-corrected chi connectivity index (χ4v) is 4.37. The molecule has 0 bridgehead atoms. The van der Waals surface area contributed by atoms with Gasteiger partial charge >= 0.3 is 0 Å². The first-order valence-corrected chi connectivity index (χ1v) is 10.0. The zero-order valence-corrected chi connectivity index (χ0v) is 16.0. The minimum Gasteiger partial charge on any atom is -0.380 e. The lowest BCUT2D eigenvalue weighted by atomic mass is 9.72. The minimum atomic E-state index is -1.07. The van der Waals surface area contributed by atoms with Gasteiger partial charge in [0, 0.05) is 13.1 Å². The second-order valence-electron chi connectivity index (χ2n) is 7.53.